The van der Waals surface area contributed by atoms with Gasteiger partial charge in [0.15, 0.2) is 0 Å². The molecule has 1 aliphatic heterocycles. The molecule has 0 aliphatic carbocycles. The largest absolute Gasteiger partial charge is 0.256 e. The van der Waals surface area contributed by atoms with Crippen molar-refractivity contribution in [2.45, 2.75) is 10.8 Å². The van der Waals surface area contributed by atoms with Crippen LogP contribution in [0.25, 0.3) is 11.3 Å². The maximum atomic E-state index is 4.41. The first-order chi connectivity index (χ1) is 6.95. The molecule has 3 heteroatoms. The predicted octanol–water partition coefficient (Wildman–Crippen LogP) is 2.75. The van der Waals surface area contributed by atoms with Crippen molar-refractivity contribution in [1.82, 2.24) is 9.97 Å². The van der Waals surface area contributed by atoms with E-state index in [1.165, 1.54) is 11.1 Å². The van der Waals surface area contributed by atoms with Gasteiger partial charge in [-0.25, -0.2) is 4.98 Å². The molecule has 2 aromatic heterocycles. The summed E-state index contributed by atoms with van der Waals surface area (Å²) in [6.07, 6.45) is 3.67. The van der Waals surface area contributed by atoms with Crippen LogP contribution in [0.15, 0.2) is 41.7 Å². The van der Waals surface area contributed by atoms with Crippen molar-refractivity contribution < 1.29 is 0 Å². The van der Waals surface area contributed by atoms with Gasteiger partial charge in [0.2, 0.25) is 0 Å². The van der Waals surface area contributed by atoms with Gasteiger partial charge in [-0.2, -0.15) is 0 Å². The molecule has 2 nitrogen and oxygen atoms in total. The van der Waals surface area contributed by atoms with E-state index < -0.39 is 0 Å². The third-order valence-electron chi connectivity index (χ3n) is 2.28. The van der Waals surface area contributed by atoms with Gasteiger partial charge >= 0.3 is 0 Å². The van der Waals surface area contributed by atoms with E-state index in [4.69, 9.17) is 0 Å². The Hall–Kier alpha value is -1.35. The molecule has 68 valence electrons. The summed E-state index contributed by atoms with van der Waals surface area (Å²) in [5.41, 5.74) is 3.56. The second kappa shape index (κ2) is 3.10. The zero-order valence-electron chi connectivity index (χ0n) is 7.47. The van der Waals surface area contributed by atoms with E-state index >= 15 is 0 Å². The number of pyridine rings is 2. The van der Waals surface area contributed by atoms with Crippen LogP contribution in [-0.4, -0.2) is 9.97 Å². The monoisotopic (exact) mass is 200 g/mol. The molecule has 3 rings (SSSR count). The number of aromatic nitrogens is 2. The van der Waals surface area contributed by atoms with Crippen molar-refractivity contribution in [3.05, 3.63) is 42.2 Å². The Kier molecular flexibility index (Phi) is 1.77. The normalized spacial score (nSPS) is 13.1. The van der Waals surface area contributed by atoms with Crippen LogP contribution < -0.4 is 0 Å². The molecule has 0 spiro atoms. The third-order valence-corrected chi connectivity index (χ3v) is 3.34. The smallest absolute Gasteiger partial charge is 0.106 e. The van der Waals surface area contributed by atoms with Gasteiger partial charge in [0, 0.05) is 23.7 Å². The van der Waals surface area contributed by atoms with Gasteiger partial charge in [-0.3, -0.25) is 4.98 Å². The molecular formula is C11H8N2S. The van der Waals surface area contributed by atoms with Gasteiger partial charge in [-0.1, -0.05) is 6.07 Å². The summed E-state index contributed by atoms with van der Waals surface area (Å²) in [6, 6.07) is 8.16. The van der Waals surface area contributed by atoms with Crippen molar-refractivity contribution >= 4 is 11.8 Å². The number of fused-ring (bicyclic) bond motifs is 3. The Morgan fingerprint density at radius 3 is 2.93 bits per heavy atom. The highest BCUT2D eigenvalue weighted by atomic mass is 32.2. The van der Waals surface area contributed by atoms with E-state index in [0.29, 0.717) is 0 Å². The molecule has 0 atom stereocenters. The fourth-order valence-electron chi connectivity index (χ4n) is 1.63. The van der Waals surface area contributed by atoms with Gasteiger partial charge in [-0.15, -0.1) is 11.8 Å². The quantitative estimate of drug-likeness (QED) is 0.654. The average molecular weight is 200 g/mol. The highest BCUT2D eigenvalue weighted by molar-refractivity contribution is 7.98. The van der Waals surface area contributed by atoms with E-state index in [-0.39, 0.29) is 0 Å². The first kappa shape index (κ1) is 8.00. The Labute approximate surface area is 86.4 Å². The van der Waals surface area contributed by atoms with Gasteiger partial charge in [-0.05, 0) is 23.8 Å². The number of nitrogens with zero attached hydrogens (tertiary/aromatic N) is 2. The lowest BCUT2D eigenvalue weighted by Gasteiger charge is -2.16. The fourth-order valence-corrected chi connectivity index (χ4v) is 2.61. The summed E-state index contributed by atoms with van der Waals surface area (Å²) in [5, 5.41) is 1.10. The topological polar surface area (TPSA) is 25.8 Å². The van der Waals surface area contributed by atoms with E-state index in [0.717, 1.165) is 16.5 Å². The second-order valence-electron chi connectivity index (χ2n) is 3.16. The van der Waals surface area contributed by atoms with Crippen molar-refractivity contribution in [3.63, 3.8) is 0 Å². The molecule has 0 bridgehead atoms. The molecule has 0 radical (unpaired) electrons. The highest BCUT2D eigenvalue weighted by Gasteiger charge is 2.17. The standard InChI is InChI=1S/C11H8N2S/c1-3-8-7-14-11-9(4-2-6-13-11)10(8)12-5-1/h1-6H,7H2. The number of hydrogen-bond donors (Lipinski definition) is 0. The van der Waals surface area contributed by atoms with Crippen LogP contribution in [-0.2, 0) is 5.75 Å². The number of rotatable bonds is 0. The number of thioether (sulfide) groups is 1. The van der Waals surface area contributed by atoms with Crippen LogP contribution in [0.3, 0.4) is 0 Å². The maximum absolute atomic E-state index is 4.41. The van der Waals surface area contributed by atoms with Gasteiger partial charge in [0.05, 0.1) is 5.69 Å². The fraction of sp³-hybridized carbons (Fsp3) is 0.0909. The predicted molar refractivity (Wildman–Crippen MR) is 57.0 cm³/mol. The first-order valence-corrected chi connectivity index (χ1v) is 5.46. The summed E-state index contributed by atoms with van der Waals surface area (Å²) in [6.45, 7) is 0. The number of hydrogen-bond acceptors (Lipinski definition) is 3. The van der Waals surface area contributed by atoms with Crippen LogP contribution in [0.4, 0.5) is 0 Å². The minimum absolute atomic E-state index is 0.979. The lowest BCUT2D eigenvalue weighted by molar-refractivity contribution is 1.09. The molecule has 0 unspecified atom stereocenters. The molecule has 3 heterocycles. The molecular weight excluding hydrogens is 192 g/mol. The summed E-state index contributed by atoms with van der Waals surface area (Å²) >= 11 is 1.78. The molecule has 0 N–H and O–H groups in total. The lowest BCUT2D eigenvalue weighted by Crippen LogP contribution is -1.99. The van der Waals surface area contributed by atoms with Crippen molar-refractivity contribution in [3.8, 4) is 11.3 Å². The van der Waals surface area contributed by atoms with Gasteiger partial charge in [0.1, 0.15) is 5.03 Å². The summed E-state index contributed by atoms with van der Waals surface area (Å²) in [5.74, 6) is 0.979. The minimum Gasteiger partial charge on any atom is -0.256 e. The SMILES string of the molecule is c1cnc2c(c1)CSc1ncccc1-2. The van der Waals surface area contributed by atoms with Crippen LogP contribution in [0, 0.1) is 0 Å². The average Bonchev–Trinajstić information content (AvgIpc) is 2.29. The summed E-state index contributed by atoms with van der Waals surface area (Å²) in [4.78, 5) is 8.75. The third kappa shape index (κ3) is 1.13. The van der Waals surface area contributed by atoms with Crippen molar-refractivity contribution in [1.29, 1.82) is 0 Å². The highest BCUT2D eigenvalue weighted by Crippen LogP contribution is 2.38. The molecule has 0 aromatic carbocycles. The molecule has 1 aliphatic rings. The Balaban J connectivity index is 2.29. The Morgan fingerprint density at radius 2 is 1.93 bits per heavy atom. The van der Waals surface area contributed by atoms with E-state index in [9.17, 15) is 0 Å². The Morgan fingerprint density at radius 1 is 1.07 bits per heavy atom. The minimum atomic E-state index is 0.979. The first-order valence-electron chi connectivity index (χ1n) is 4.47. The zero-order valence-corrected chi connectivity index (χ0v) is 8.29. The van der Waals surface area contributed by atoms with Crippen molar-refractivity contribution in [2.75, 3.05) is 0 Å². The van der Waals surface area contributed by atoms with Gasteiger partial charge in [0.25, 0.3) is 0 Å². The molecule has 2 aromatic rings. The molecule has 14 heavy (non-hydrogen) atoms. The molecule has 0 fully saturated rings. The Bertz CT molecular complexity index is 437. The van der Waals surface area contributed by atoms with Crippen molar-refractivity contribution in [2.24, 2.45) is 0 Å². The van der Waals surface area contributed by atoms with Gasteiger partial charge < -0.3 is 0 Å². The summed E-state index contributed by atoms with van der Waals surface area (Å²) < 4.78 is 0. The van der Waals surface area contributed by atoms with E-state index in [1.54, 1.807) is 11.8 Å². The zero-order chi connectivity index (χ0) is 9.38. The van der Waals surface area contributed by atoms with Crippen LogP contribution in [0.5, 0.6) is 0 Å². The molecule has 0 saturated heterocycles. The van der Waals surface area contributed by atoms with Crippen LogP contribution in [0.2, 0.25) is 0 Å². The second-order valence-corrected chi connectivity index (χ2v) is 4.12. The van der Waals surface area contributed by atoms with Crippen LogP contribution >= 0.6 is 11.8 Å². The lowest BCUT2D eigenvalue weighted by atomic mass is 10.1. The molecule has 0 saturated carbocycles. The maximum Gasteiger partial charge on any atom is 0.106 e. The molecule has 0 amide bonds. The van der Waals surface area contributed by atoms with Crippen LogP contribution in [0.1, 0.15) is 5.56 Å². The van der Waals surface area contributed by atoms with E-state index in [1.807, 2.05) is 24.5 Å². The summed E-state index contributed by atoms with van der Waals surface area (Å²) in [7, 11) is 0. The van der Waals surface area contributed by atoms with E-state index in [2.05, 4.69) is 22.1 Å².